The van der Waals surface area contributed by atoms with E-state index in [1.807, 2.05) is 36.4 Å². The number of hydrogen-bond acceptors (Lipinski definition) is 3. The van der Waals surface area contributed by atoms with Gasteiger partial charge in [0.25, 0.3) is 5.91 Å². The predicted molar refractivity (Wildman–Crippen MR) is 77.2 cm³/mol. The van der Waals surface area contributed by atoms with E-state index in [1.54, 1.807) is 4.90 Å². The van der Waals surface area contributed by atoms with Gasteiger partial charge in [-0.3, -0.25) is 15.0 Å². The Hall–Kier alpha value is -2.40. The number of benzene rings is 2. The van der Waals surface area contributed by atoms with Crippen LogP contribution in [0.2, 0.25) is 0 Å². The highest BCUT2D eigenvalue weighted by molar-refractivity contribution is 6.24. The first kappa shape index (κ1) is 12.6. The van der Waals surface area contributed by atoms with Crippen molar-refractivity contribution < 1.29 is 9.59 Å². The molecule has 3 rings (SSSR count). The zero-order valence-electron chi connectivity index (χ0n) is 10.9. The van der Waals surface area contributed by atoms with E-state index in [2.05, 4.69) is 5.43 Å². The van der Waals surface area contributed by atoms with Gasteiger partial charge >= 0.3 is 0 Å². The minimum atomic E-state index is -0.215. The molecule has 0 saturated heterocycles. The van der Waals surface area contributed by atoms with Crippen molar-refractivity contribution in [3.8, 4) is 0 Å². The highest BCUT2D eigenvalue weighted by Gasteiger charge is 2.28. The molecule has 1 heterocycles. The molecule has 2 aromatic carbocycles. The molecule has 0 fully saturated rings. The fraction of sp³-hybridized carbons (Fsp3) is 0.200. The number of nitrogens with zero attached hydrogens (tertiary/aromatic N) is 1. The van der Waals surface area contributed by atoms with Gasteiger partial charge in [-0.1, -0.05) is 24.3 Å². The summed E-state index contributed by atoms with van der Waals surface area (Å²) < 4.78 is 0. The van der Waals surface area contributed by atoms with Gasteiger partial charge < -0.3 is 4.90 Å². The molecule has 2 aromatic rings. The Labute approximate surface area is 116 Å². The van der Waals surface area contributed by atoms with Crippen LogP contribution in [0.5, 0.6) is 0 Å². The van der Waals surface area contributed by atoms with Gasteiger partial charge in [-0.15, -0.1) is 0 Å². The Bertz CT molecular complexity index is 691. The number of amides is 2. The molecule has 0 atom stereocenters. The molecule has 5 heteroatoms. The normalized spacial score (nSPS) is 13.1. The summed E-state index contributed by atoms with van der Waals surface area (Å²) in [5.41, 5.74) is 3.76. The average Bonchev–Trinajstić information content (AvgIpc) is 2.75. The second-order valence-corrected chi connectivity index (χ2v) is 4.81. The molecule has 20 heavy (non-hydrogen) atoms. The standard InChI is InChI=1S/C15H15N3O2/c16-17-13(19)8-3-9-18-12-7-2-5-10-4-1-6-11(14(10)12)15(18)20/h1-2,4-7H,3,8-9,16H2,(H,17,19). The van der Waals surface area contributed by atoms with Crippen LogP contribution in [0.3, 0.4) is 0 Å². The number of carbonyl (C=O) groups is 2. The van der Waals surface area contributed by atoms with Crippen molar-refractivity contribution in [1.29, 1.82) is 0 Å². The van der Waals surface area contributed by atoms with E-state index in [4.69, 9.17) is 5.84 Å². The van der Waals surface area contributed by atoms with Crippen LogP contribution in [0.25, 0.3) is 10.8 Å². The lowest BCUT2D eigenvalue weighted by Gasteiger charge is -2.17. The number of nitrogens with one attached hydrogen (secondary N) is 1. The molecule has 0 spiro atoms. The van der Waals surface area contributed by atoms with Gasteiger partial charge in [0, 0.05) is 23.9 Å². The monoisotopic (exact) mass is 269 g/mol. The minimum absolute atomic E-state index is 0.00459. The summed E-state index contributed by atoms with van der Waals surface area (Å²) in [5.74, 6) is 4.83. The van der Waals surface area contributed by atoms with Crippen molar-refractivity contribution in [3.63, 3.8) is 0 Å². The maximum absolute atomic E-state index is 12.4. The molecule has 1 aliphatic heterocycles. The highest BCUT2D eigenvalue weighted by Crippen LogP contribution is 2.37. The summed E-state index contributed by atoms with van der Waals surface area (Å²) >= 11 is 0. The number of carbonyl (C=O) groups excluding carboxylic acids is 2. The van der Waals surface area contributed by atoms with E-state index in [0.29, 0.717) is 19.4 Å². The molecule has 0 aromatic heterocycles. The smallest absolute Gasteiger partial charge is 0.258 e. The van der Waals surface area contributed by atoms with Crippen molar-refractivity contribution in [1.82, 2.24) is 5.43 Å². The Morgan fingerprint density at radius 2 is 1.95 bits per heavy atom. The van der Waals surface area contributed by atoms with E-state index in [-0.39, 0.29) is 11.8 Å². The molecule has 3 N–H and O–H groups in total. The second-order valence-electron chi connectivity index (χ2n) is 4.81. The third kappa shape index (κ3) is 1.92. The molecule has 102 valence electrons. The number of rotatable bonds is 4. The van der Waals surface area contributed by atoms with E-state index < -0.39 is 0 Å². The highest BCUT2D eigenvalue weighted by atomic mass is 16.2. The number of nitrogens with two attached hydrogens (primary N) is 1. The van der Waals surface area contributed by atoms with Crippen molar-refractivity contribution in [2.45, 2.75) is 12.8 Å². The van der Waals surface area contributed by atoms with Crippen LogP contribution < -0.4 is 16.2 Å². The summed E-state index contributed by atoms with van der Waals surface area (Å²) in [6.45, 7) is 0.514. The van der Waals surface area contributed by atoms with Crippen molar-refractivity contribution in [2.24, 2.45) is 5.84 Å². The van der Waals surface area contributed by atoms with Gasteiger partial charge in [0.05, 0.1) is 5.69 Å². The number of hydrogen-bond donors (Lipinski definition) is 2. The van der Waals surface area contributed by atoms with Crippen molar-refractivity contribution in [3.05, 3.63) is 42.0 Å². The first-order chi connectivity index (χ1) is 9.72. The van der Waals surface area contributed by atoms with Crippen LogP contribution in [0.1, 0.15) is 23.2 Å². The molecule has 0 unspecified atom stereocenters. The zero-order chi connectivity index (χ0) is 14.1. The SMILES string of the molecule is NNC(=O)CCCN1C(=O)c2cccc3cccc1c23. The van der Waals surface area contributed by atoms with Crippen LogP contribution in [0.4, 0.5) is 5.69 Å². The summed E-state index contributed by atoms with van der Waals surface area (Å²) in [7, 11) is 0. The van der Waals surface area contributed by atoms with Gasteiger partial charge in [0.15, 0.2) is 0 Å². The molecule has 0 radical (unpaired) electrons. The maximum Gasteiger partial charge on any atom is 0.258 e. The average molecular weight is 269 g/mol. The molecule has 0 bridgehead atoms. The van der Waals surface area contributed by atoms with E-state index in [9.17, 15) is 9.59 Å². The summed E-state index contributed by atoms with van der Waals surface area (Å²) in [6, 6.07) is 11.6. The first-order valence-corrected chi connectivity index (χ1v) is 6.55. The Kier molecular flexibility index (Phi) is 3.12. The maximum atomic E-state index is 12.4. The number of hydrazine groups is 1. The van der Waals surface area contributed by atoms with Gasteiger partial charge in [-0.2, -0.15) is 0 Å². The Morgan fingerprint density at radius 1 is 1.20 bits per heavy atom. The fourth-order valence-electron chi connectivity index (χ4n) is 2.67. The lowest BCUT2D eigenvalue weighted by Crippen LogP contribution is -2.32. The van der Waals surface area contributed by atoms with Gasteiger partial charge in [0.2, 0.25) is 5.91 Å². The predicted octanol–water partition coefficient (Wildman–Crippen LogP) is 1.57. The van der Waals surface area contributed by atoms with Crippen LogP contribution in [-0.4, -0.2) is 18.4 Å². The van der Waals surface area contributed by atoms with Crippen LogP contribution in [0, 0.1) is 0 Å². The Morgan fingerprint density at radius 3 is 2.70 bits per heavy atom. The van der Waals surface area contributed by atoms with Crippen molar-refractivity contribution in [2.75, 3.05) is 11.4 Å². The van der Waals surface area contributed by atoms with Crippen molar-refractivity contribution >= 4 is 28.3 Å². The molecule has 0 saturated carbocycles. The minimum Gasteiger partial charge on any atom is -0.308 e. The number of anilines is 1. The largest absolute Gasteiger partial charge is 0.308 e. The van der Waals surface area contributed by atoms with Gasteiger partial charge in [0.1, 0.15) is 0 Å². The quantitative estimate of drug-likeness (QED) is 0.502. The van der Waals surface area contributed by atoms with Gasteiger partial charge in [-0.05, 0) is 23.9 Å². The second kappa shape index (κ2) is 4.94. The molecule has 1 aliphatic rings. The molecule has 2 amide bonds. The lowest BCUT2D eigenvalue weighted by molar-refractivity contribution is -0.121. The summed E-state index contributed by atoms with van der Waals surface area (Å²) in [6.07, 6.45) is 0.895. The fourth-order valence-corrected chi connectivity index (χ4v) is 2.67. The third-order valence-electron chi connectivity index (χ3n) is 3.60. The summed E-state index contributed by atoms with van der Waals surface area (Å²) in [4.78, 5) is 25.3. The van der Waals surface area contributed by atoms with E-state index in [0.717, 1.165) is 22.0 Å². The molecule has 0 aliphatic carbocycles. The zero-order valence-corrected chi connectivity index (χ0v) is 10.9. The summed E-state index contributed by atoms with van der Waals surface area (Å²) in [5, 5.41) is 2.07. The van der Waals surface area contributed by atoms with E-state index >= 15 is 0 Å². The van der Waals surface area contributed by atoms with Crippen LogP contribution in [0.15, 0.2) is 36.4 Å². The van der Waals surface area contributed by atoms with Crippen LogP contribution >= 0.6 is 0 Å². The van der Waals surface area contributed by atoms with Gasteiger partial charge in [-0.25, -0.2) is 5.84 Å². The molecular weight excluding hydrogens is 254 g/mol. The Balaban J connectivity index is 1.87. The molecular formula is C15H15N3O2. The van der Waals surface area contributed by atoms with Crippen LogP contribution in [-0.2, 0) is 4.79 Å². The van der Waals surface area contributed by atoms with E-state index in [1.165, 1.54) is 0 Å². The topological polar surface area (TPSA) is 75.4 Å². The lowest BCUT2D eigenvalue weighted by atomic mass is 10.1. The first-order valence-electron chi connectivity index (χ1n) is 6.55. The third-order valence-corrected chi connectivity index (χ3v) is 3.60. The molecule has 5 nitrogen and oxygen atoms in total.